The highest BCUT2D eigenvalue weighted by molar-refractivity contribution is 5.87. The first-order valence-electron chi connectivity index (χ1n) is 5.67. The lowest BCUT2D eigenvalue weighted by molar-refractivity contribution is 1.34. The van der Waals surface area contributed by atoms with E-state index in [1.54, 1.807) is 0 Å². The molecule has 0 amide bonds. The average molecular weight is 243 g/mol. The highest BCUT2D eigenvalue weighted by Crippen LogP contribution is 2.26. The first kappa shape index (κ1) is 12.4. The van der Waals surface area contributed by atoms with E-state index in [0.29, 0.717) is 5.57 Å². The van der Waals surface area contributed by atoms with E-state index in [9.17, 15) is 0 Å². The summed E-state index contributed by atoms with van der Waals surface area (Å²) in [4.78, 5) is 3.20. The molecular formula is C16H9N3. The summed E-state index contributed by atoms with van der Waals surface area (Å²) in [7, 11) is 0. The summed E-state index contributed by atoms with van der Waals surface area (Å²) in [6.45, 7) is 7.02. The van der Waals surface area contributed by atoms with E-state index in [1.807, 2.05) is 54.6 Å². The number of rotatable bonds is 2. The Balaban J connectivity index is 2.65. The van der Waals surface area contributed by atoms with E-state index in [0.717, 1.165) is 16.3 Å². The molecule has 0 bridgehead atoms. The Kier molecular flexibility index (Phi) is 3.58. The monoisotopic (exact) mass is 243 g/mol. The molecule has 19 heavy (non-hydrogen) atoms. The van der Waals surface area contributed by atoms with Crippen LogP contribution in [0.1, 0.15) is 12.0 Å². The third kappa shape index (κ3) is 2.44. The first-order chi connectivity index (χ1) is 9.30. The topological polar surface area (TPSA) is 51.9 Å². The van der Waals surface area contributed by atoms with Crippen molar-refractivity contribution in [2.45, 2.75) is 6.42 Å². The molecule has 3 nitrogen and oxygen atoms in total. The lowest BCUT2D eigenvalue weighted by Gasteiger charge is -2.06. The van der Waals surface area contributed by atoms with Crippen LogP contribution in [0, 0.1) is 29.2 Å². The number of hydrogen-bond acceptors (Lipinski definition) is 2. The van der Waals surface area contributed by atoms with Gasteiger partial charge in [-0.3, -0.25) is 0 Å². The number of hydrogen-bond donors (Lipinski definition) is 0. The Morgan fingerprint density at radius 1 is 1.11 bits per heavy atom. The highest BCUT2D eigenvalue weighted by atomic mass is 14.7. The van der Waals surface area contributed by atoms with Crippen molar-refractivity contribution < 1.29 is 0 Å². The van der Waals surface area contributed by atoms with E-state index in [2.05, 4.69) is 4.85 Å². The van der Waals surface area contributed by atoms with Gasteiger partial charge in [-0.15, -0.1) is 0 Å². The normalized spacial score (nSPS) is 11.0. The fraction of sp³-hybridized carbons (Fsp3) is 0.0625. The van der Waals surface area contributed by atoms with Gasteiger partial charge in [-0.25, -0.2) is 10.1 Å². The van der Waals surface area contributed by atoms with Crippen molar-refractivity contribution in [3.8, 4) is 12.1 Å². The molecule has 2 aromatic carbocycles. The number of nitrogens with zero attached hydrogens (tertiary/aromatic N) is 3. The maximum atomic E-state index is 8.97. The molecule has 2 aromatic rings. The maximum Gasteiger partial charge on any atom is 0.266 e. The quantitative estimate of drug-likeness (QED) is 0.593. The lowest BCUT2D eigenvalue weighted by atomic mass is 9.98. The van der Waals surface area contributed by atoms with Crippen LogP contribution in [0.25, 0.3) is 21.2 Å². The second kappa shape index (κ2) is 5.50. The SMILES string of the molecule is [C-]#[N+]C(C#N)=C(CC#N)c1ccc2ccccc2c1. The van der Waals surface area contributed by atoms with Crippen LogP contribution in [-0.4, -0.2) is 0 Å². The smallest absolute Gasteiger partial charge is 0.226 e. The molecule has 0 fully saturated rings. The second-order valence-corrected chi connectivity index (χ2v) is 3.95. The van der Waals surface area contributed by atoms with Gasteiger partial charge in [-0.2, -0.15) is 5.26 Å². The molecule has 0 saturated heterocycles. The van der Waals surface area contributed by atoms with Crippen LogP contribution in [0.5, 0.6) is 0 Å². The molecule has 2 rings (SSSR count). The van der Waals surface area contributed by atoms with E-state index >= 15 is 0 Å². The number of fused-ring (bicyclic) bond motifs is 1. The number of benzene rings is 2. The summed E-state index contributed by atoms with van der Waals surface area (Å²) in [5, 5.41) is 19.9. The highest BCUT2D eigenvalue weighted by Gasteiger charge is 2.09. The third-order valence-corrected chi connectivity index (χ3v) is 2.86. The van der Waals surface area contributed by atoms with E-state index in [-0.39, 0.29) is 12.1 Å². The summed E-state index contributed by atoms with van der Waals surface area (Å²) in [6.07, 6.45) is 0.0591. The zero-order valence-electron chi connectivity index (χ0n) is 10.1. The number of nitriles is 2. The summed E-state index contributed by atoms with van der Waals surface area (Å²) in [5.74, 6) is 0. The van der Waals surface area contributed by atoms with Gasteiger partial charge in [-0.1, -0.05) is 36.4 Å². The molecule has 0 aliphatic heterocycles. The van der Waals surface area contributed by atoms with E-state index in [4.69, 9.17) is 17.1 Å². The Morgan fingerprint density at radius 3 is 2.47 bits per heavy atom. The van der Waals surface area contributed by atoms with E-state index in [1.165, 1.54) is 0 Å². The standard InChI is InChI=1S/C16H9N3/c1-19-16(11-18)15(8-9-17)14-7-6-12-4-2-3-5-13(12)10-14/h2-7,10H,8H2. The van der Waals surface area contributed by atoms with Crippen molar-refractivity contribution in [3.63, 3.8) is 0 Å². The minimum absolute atomic E-state index is 0.0168. The molecule has 0 aromatic heterocycles. The zero-order chi connectivity index (χ0) is 13.7. The molecule has 0 unspecified atom stereocenters. The molecule has 0 atom stereocenters. The largest absolute Gasteiger partial charge is 0.266 e. The minimum atomic E-state index is -0.0168. The van der Waals surface area contributed by atoms with Crippen LogP contribution < -0.4 is 0 Å². The summed E-state index contributed by atoms with van der Waals surface area (Å²) in [5.41, 5.74) is 1.23. The molecule has 0 radical (unpaired) electrons. The summed E-state index contributed by atoms with van der Waals surface area (Å²) >= 11 is 0. The average Bonchev–Trinajstić information content (AvgIpc) is 2.47. The fourth-order valence-corrected chi connectivity index (χ4v) is 1.94. The molecule has 0 saturated carbocycles. The van der Waals surface area contributed by atoms with Crippen molar-refractivity contribution in [1.29, 1.82) is 10.5 Å². The lowest BCUT2D eigenvalue weighted by Crippen LogP contribution is -1.88. The molecule has 88 valence electrons. The van der Waals surface area contributed by atoms with Gasteiger partial charge in [0.1, 0.15) is 0 Å². The Morgan fingerprint density at radius 2 is 1.84 bits per heavy atom. The number of allylic oxidation sites excluding steroid dienone is 2. The minimum Gasteiger partial charge on any atom is -0.226 e. The van der Waals surface area contributed by atoms with Gasteiger partial charge in [0.05, 0.1) is 25.1 Å². The summed E-state index contributed by atoms with van der Waals surface area (Å²) < 4.78 is 0. The molecule has 0 spiro atoms. The fourth-order valence-electron chi connectivity index (χ4n) is 1.94. The Labute approximate surface area is 111 Å². The van der Waals surface area contributed by atoms with Crippen LogP contribution in [-0.2, 0) is 0 Å². The molecule has 0 heterocycles. The van der Waals surface area contributed by atoms with Crippen molar-refractivity contribution in [1.82, 2.24) is 0 Å². The van der Waals surface area contributed by atoms with Crippen LogP contribution in [0.4, 0.5) is 0 Å². The predicted octanol–water partition coefficient (Wildman–Crippen LogP) is 3.91. The first-order valence-corrected chi connectivity index (χ1v) is 5.67. The van der Waals surface area contributed by atoms with Crippen molar-refractivity contribution in [2.24, 2.45) is 0 Å². The van der Waals surface area contributed by atoms with E-state index < -0.39 is 0 Å². The van der Waals surface area contributed by atoms with Crippen molar-refractivity contribution in [3.05, 3.63) is 65.1 Å². The maximum absolute atomic E-state index is 8.97. The van der Waals surface area contributed by atoms with Gasteiger partial charge >= 0.3 is 0 Å². The third-order valence-electron chi connectivity index (χ3n) is 2.86. The van der Waals surface area contributed by atoms with Crippen LogP contribution in [0.15, 0.2) is 48.2 Å². The second-order valence-electron chi connectivity index (χ2n) is 3.95. The van der Waals surface area contributed by atoms with Crippen LogP contribution in [0.2, 0.25) is 0 Å². The van der Waals surface area contributed by atoms with Gasteiger partial charge < -0.3 is 0 Å². The van der Waals surface area contributed by atoms with Gasteiger partial charge in [0.15, 0.2) is 0 Å². The Hall–Kier alpha value is -3.09. The van der Waals surface area contributed by atoms with Gasteiger partial charge in [-0.05, 0) is 28.0 Å². The van der Waals surface area contributed by atoms with Crippen molar-refractivity contribution in [2.75, 3.05) is 0 Å². The predicted molar refractivity (Wildman–Crippen MR) is 73.3 cm³/mol. The van der Waals surface area contributed by atoms with Crippen LogP contribution >= 0.6 is 0 Å². The molecule has 0 aliphatic rings. The van der Waals surface area contributed by atoms with Gasteiger partial charge in [0, 0.05) is 0 Å². The van der Waals surface area contributed by atoms with Gasteiger partial charge in [0.25, 0.3) is 5.70 Å². The Bertz CT molecular complexity index is 764. The van der Waals surface area contributed by atoms with Gasteiger partial charge in [0.2, 0.25) is 0 Å². The molecule has 0 N–H and O–H groups in total. The molecular weight excluding hydrogens is 234 g/mol. The van der Waals surface area contributed by atoms with Crippen molar-refractivity contribution >= 4 is 16.3 Å². The molecule has 0 aliphatic carbocycles. The summed E-state index contributed by atoms with van der Waals surface area (Å²) in [6, 6.07) is 17.4. The van der Waals surface area contributed by atoms with Crippen LogP contribution in [0.3, 0.4) is 0 Å². The molecule has 3 heteroatoms. The zero-order valence-corrected chi connectivity index (χ0v) is 10.1.